The number of alkyl halides is 1. The summed E-state index contributed by atoms with van der Waals surface area (Å²) >= 11 is 5.77. The SMILES string of the molecule is ClCCN1CCCN(c2ccccc2)C1. The first-order valence-electron chi connectivity index (χ1n) is 5.48. The van der Waals surface area contributed by atoms with Crippen LogP contribution in [0, 0.1) is 0 Å². The van der Waals surface area contributed by atoms with Crippen LogP contribution in [-0.4, -0.2) is 37.1 Å². The van der Waals surface area contributed by atoms with Gasteiger partial charge in [-0.2, -0.15) is 0 Å². The van der Waals surface area contributed by atoms with Crippen molar-refractivity contribution in [3.63, 3.8) is 0 Å². The van der Waals surface area contributed by atoms with Gasteiger partial charge in [-0.3, -0.25) is 4.90 Å². The number of rotatable bonds is 3. The van der Waals surface area contributed by atoms with Crippen molar-refractivity contribution in [3.8, 4) is 0 Å². The molecule has 2 nitrogen and oxygen atoms in total. The number of hydrogen-bond donors (Lipinski definition) is 0. The highest BCUT2D eigenvalue weighted by atomic mass is 35.5. The average molecular weight is 225 g/mol. The third kappa shape index (κ3) is 2.86. The van der Waals surface area contributed by atoms with Crippen molar-refractivity contribution >= 4 is 17.3 Å². The van der Waals surface area contributed by atoms with Crippen LogP contribution in [0.5, 0.6) is 0 Å². The fourth-order valence-electron chi connectivity index (χ4n) is 2.02. The van der Waals surface area contributed by atoms with Gasteiger partial charge in [-0.25, -0.2) is 0 Å². The Morgan fingerprint density at radius 3 is 2.67 bits per heavy atom. The molecule has 0 aliphatic carbocycles. The Hall–Kier alpha value is -0.730. The molecular formula is C12H17ClN2. The van der Waals surface area contributed by atoms with E-state index in [1.165, 1.54) is 18.7 Å². The van der Waals surface area contributed by atoms with E-state index < -0.39 is 0 Å². The Kier molecular flexibility index (Phi) is 3.87. The highest BCUT2D eigenvalue weighted by Crippen LogP contribution is 2.17. The van der Waals surface area contributed by atoms with Crippen LogP contribution >= 0.6 is 11.6 Å². The average Bonchev–Trinajstić information content (AvgIpc) is 2.31. The van der Waals surface area contributed by atoms with E-state index in [0.717, 1.165) is 25.6 Å². The zero-order chi connectivity index (χ0) is 10.5. The van der Waals surface area contributed by atoms with Crippen LogP contribution in [0.2, 0.25) is 0 Å². The van der Waals surface area contributed by atoms with Crippen molar-refractivity contribution in [2.24, 2.45) is 0 Å². The van der Waals surface area contributed by atoms with Gasteiger partial charge in [0.2, 0.25) is 0 Å². The third-order valence-corrected chi connectivity index (χ3v) is 2.96. The quantitative estimate of drug-likeness (QED) is 0.728. The largest absolute Gasteiger partial charge is 0.358 e. The first kappa shape index (κ1) is 10.8. The van der Waals surface area contributed by atoms with Crippen LogP contribution in [0.25, 0.3) is 0 Å². The van der Waals surface area contributed by atoms with Crippen molar-refractivity contribution in [3.05, 3.63) is 30.3 Å². The van der Waals surface area contributed by atoms with E-state index in [1.807, 2.05) is 0 Å². The molecule has 0 saturated carbocycles. The molecule has 82 valence electrons. The summed E-state index contributed by atoms with van der Waals surface area (Å²) in [7, 11) is 0. The van der Waals surface area contributed by atoms with Crippen molar-refractivity contribution in [2.45, 2.75) is 6.42 Å². The zero-order valence-electron chi connectivity index (χ0n) is 8.90. The van der Waals surface area contributed by atoms with Gasteiger partial charge in [0.25, 0.3) is 0 Å². The van der Waals surface area contributed by atoms with Crippen LogP contribution in [-0.2, 0) is 0 Å². The van der Waals surface area contributed by atoms with E-state index in [2.05, 4.69) is 40.1 Å². The molecule has 0 radical (unpaired) electrons. The monoisotopic (exact) mass is 224 g/mol. The molecule has 1 aromatic carbocycles. The van der Waals surface area contributed by atoms with Crippen LogP contribution < -0.4 is 4.90 Å². The predicted octanol–water partition coefficient (Wildman–Crippen LogP) is 2.40. The molecule has 0 spiro atoms. The highest BCUT2D eigenvalue weighted by molar-refractivity contribution is 6.18. The van der Waals surface area contributed by atoms with Crippen LogP contribution in [0.15, 0.2) is 30.3 Å². The predicted molar refractivity (Wildman–Crippen MR) is 65.6 cm³/mol. The molecular weight excluding hydrogens is 208 g/mol. The molecule has 1 saturated heterocycles. The van der Waals surface area contributed by atoms with Gasteiger partial charge in [0.05, 0.1) is 6.67 Å². The second-order valence-electron chi connectivity index (χ2n) is 3.90. The molecule has 2 rings (SSSR count). The molecule has 1 aromatic rings. The summed E-state index contributed by atoms with van der Waals surface area (Å²) in [6, 6.07) is 10.6. The van der Waals surface area contributed by atoms with Crippen LogP contribution in [0.1, 0.15) is 6.42 Å². The topological polar surface area (TPSA) is 6.48 Å². The van der Waals surface area contributed by atoms with E-state index in [-0.39, 0.29) is 0 Å². The molecule has 0 N–H and O–H groups in total. The van der Waals surface area contributed by atoms with E-state index >= 15 is 0 Å². The first-order valence-corrected chi connectivity index (χ1v) is 6.02. The minimum atomic E-state index is 0.725. The van der Waals surface area contributed by atoms with Crippen LogP contribution in [0.4, 0.5) is 5.69 Å². The summed E-state index contributed by atoms with van der Waals surface area (Å²) in [6.45, 7) is 4.33. The molecule has 3 heteroatoms. The molecule has 0 amide bonds. The molecule has 0 unspecified atom stereocenters. The Labute approximate surface area is 96.4 Å². The van der Waals surface area contributed by atoms with Crippen molar-refractivity contribution < 1.29 is 0 Å². The number of hydrogen-bond acceptors (Lipinski definition) is 2. The number of anilines is 1. The van der Waals surface area contributed by atoms with Crippen molar-refractivity contribution in [1.82, 2.24) is 4.90 Å². The minimum Gasteiger partial charge on any atom is -0.358 e. The van der Waals surface area contributed by atoms with Crippen LogP contribution in [0.3, 0.4) is 0 Å². The molecule has 1 aliphatic heterocycles. The Balaban J connectivity index is 1.98. The normalized spacial score (nSPS) is 18.1. The molecule has 1 heterocycles. The van der Waals surface area contributed by atoms with Gasteiger partial charge in [-0.05, 0) is 18.6 Å². The molecule has 0 aromatic heterocycles. The highest BCUT2D eigenvalue weighted by Gasteiger charge is 2.16. The standard InChI is InChI=1S/C12H17ClN2/c13-7-10-14-8-4-9-15(11-14)12-5-2-1-3-6-12/h1-3,5-6H,4,7-11H2. The first-order chi connectivity index (χ1) is 7.40. The summed E-state index contributed by atoms with van der Waals surface area (Å²) in [5.74, 6) is 0.725. The number of para-hydroxylation sites is 1. The Morgan fingerprint density at radius 2 is 1.93 bits per heavy atom. The fraction of sp³-hybridized carbons (Fsp3) is 0.500. The Bertz CT molecular complexity index is 287. The number of nitrogens with zero attached hydrogens (tertiary/aromatic N) is 2. The Morgan fingerprint density at radius 1 is 1.13 bits per heavy atom. The smallest absolute Gasteiger partial charge is 0.0707 e. The summed E-state index contributed by atoms with van der Waals surface area (Å²) in [4.78, 5) is 4.82. The third-order valence-electron chi connectivity index (χ3n) is 2.80. The number of halogens is 1. The fourth-order valence-corrected chi connectivity index (χ4v) is 2.26. The van der Waals surface area contributed by atoms with E-state index in [0.29, 0.717) is 0 Å². The zero-order valence-corrected chi connectivity index (χ0v) is 9.66. The van der Waals surface area contributed by atoms with Crippen molar-refractivity contribution in [1.29, 1.82) is 0 Å². The summed E-state index contributed by atoms with van der Waals surface area (Å²) in [5.41, 5.74) is 1.32. The maximum Gasteiger partial charge on any atom is 0.0707 e. The second kappa shape index (κ2) is 5.38. The summed E-state index contributed by atoms with van der Waals surface area (Å²) in [6.07, 6.45) is 1.23. The molecule has 1 aliphatic rings. The lowest BCUT2D eigenvalue weighted by atomic mass is 10.2. The summed E-state index contributed by atoms with van der Waals surface area (Å²) in [5, 5.41) is 0. The molecule has 0 atom stereocenters. The lowest BCUT2D eigenvalue weighted by Crippen LogP contribution is -2.45. The van der Waals surface area contributed by atoms with Crippen molar-refractivity contribution in [2.75, 3.05) is 37.1 Å². The van der Waals surface area contributed by atoms with E-state index in [1.54, 1.807) is 0 Å². The van der Waals surface area contributed by atoms with E-state index in [9.17, 15) is 0 Å². The van der Waals surface area contributed by atoms with Gasteiger partial charge in [0.1, 0.15) is 0 Å². The van der Waals surface area contributed by atoms with E-state index in [4.69, 9.17) is 11.6 Å². The van der Waals surface area contributed by atoms with Gasteiger partial charge in [0.15, 0.2) is 0 Å². The van der Waals surface area contributed by atoms with Gasteiger partial charge in [-0.1, -0.05) is 18.2 Å². The molecule has 0 bridgehead atoms. The maximum atomic E-state index is 5.77. The second-order valence-corrected chi connectivity index (χ2v) is 4.28. The lowest BCUT2D eigenvalue weighted by molar-refractivity contribution is 0.254. The van der Waals surface area contributed by atoms with Gasteiger partial charge < -0.3 is 4.90 Å². The van der Waals surface area contributed by atoms with Gasteiger partial charge in [-0.15, -0.1) is 11.6 Å². The molecule has 15 heavy (non-hydrogen) atoms. The van der Waals surface area contributed by atoms with Gasteiger partial charge >= 0.3 is 0 Å². The number of benzene rings is 1. The summed E-state index contributed by atoms with van der Waals surface area (Å²) < 4.78 is 0. The minimum absolute atomic E-state index is 0.725. The lowest BCUT2D eigenvalue weighted by Gasteiger charge is -2.36. The van der Waals surface area contributed by atoms with Gasteiger partial charge in [0, 0.05) is 31.2 Å². The molecule has 1 fully saturated rings. The maximum absolute atomic E-state index is 5.77.